The lowest BCUT2D eigenvalue weighted by molar-refractivity contribution is 0.0958. The molecule has 2 heterocycles. The Balaban J connectivity index is 1.96. The SMILES string of the molecule is CNc1ccc2c(c1)CCCN2C(=O)c1ccco1. The van der Waals surface area contributed by atoms with E-state index in [-0.39, 0.29) is 5.91 Å². The summed E-state index contributed by atoms with van der Waals surface area (Å²) in [5.41, 5.74) is 3.27. The van der Waals surface area contributed by atoms with Crippen molar-refractivity contribution in [3.05, 3.63) is 47.9 Å². The summed E-state index contributed by atoms with van der Waals surface area (Å²) >= 11 is 0. The molecule has 2 aromatic rings. The highest BCUT2D eigenvalue weighted by Gasteiger charge is 2.25. The van der Waals surface area contributed by atoms with Gasteiger partial charge in [-0.05, 0) is 48.7 Å². The van der Waals surface area contributed by atoms with E-state index >= 15 is 0 Å². The number of carbonyl (C=O) groups excluding carboxylic acids is 1. The van der Waals surface area contributed by atoms with Crippen molar-refractivity contribution in [2.24, 2.45) is 0 Å². The average molecular weight is 256 g/mol. The van der Waals surface area contributed by atoms with Crippen molar-refractivity contribution in [2.45, 2.75) is 12.8 Å². The predicted octanol–water partition coefficient (Wildman–Crippen LogP) is 2.91. The lowest BCUT2D eigenvalue weighted by Gasteiger charge is -2.29. The molecular formula is C15H16N2O2. The summed E-state index contributed by atoms with van der Waals surface area (Å²) < 4.78 is 5.20. The Morgan fingerprint density at radius 1 is 1.37 bits per heavy atom. The highest BCUT2D eigenvalue weighted by atomic mass is 16.3. The van der Waals surface area contributed by atoms with E-state index in [9.17, 15) is 4.79 Å². The third kappa shape index (κ3) is 2.10. The fourth-order valence-electron chi connectivity index (χ4n) is 2.50. The number of aryl methyl sites for hydroxylation is 1. The first-order valence-corrected chi connectivity index (χ1v) is 6.45. The number of benzene rings is 1. The van der Waals surface area contributed by atoms with Crippen molar-refractivity contribution in [1.29, 1.82) is 0 Å². The second kappa shape index (κ2) is 4.80. The molecule has 0 bridgehead atoms. The maximum absolute atomic E-state index is 12.4. The van der Waals surface area contributed by atoms with Gasteiger partial charge in [-0.1, -0.05) is 0 Å². The number of nitrogens with zero attached hydrogens (tertiary/aromatic N) is 1. The fraction of sp³-hybridized carbons (Fsp3) is 0.267. The second-order valence-corrected chi connectivity index (χ2v) is 4.63. The first-order chi connectivity index (χ1) is 9.29. The number of carbonyl (C=O) groups is 1. The van der Waals surface area contributed by atoms with Crippen LogP contribution in [0.15, 0.2) is 41.0 Å². The van der Waals surface area contributed by atoms with Gasteiger partial charge in [0.2, 0.25) is 0 Å². The molecule has 1 aliphatic rings. The molecule has 0 saturated heterocycles. The minimum Gasteiger partial charge on any atom is -0.459 e. The van der Waals surface area contributed by atoms with Crippen LogP contribution in [-0.4, -0.2) is 19.5 Å². The Morgan fingerprint density at radius 2 is 2.26 bits per heavy atom. The molecule has 1 aromatic carbocycles. The number of hydrogen-bond donors (Lipinski definition) is 1. The fourth-order valence-corrected chi connectivity index (χ4v) is 2.50. The Kier molecular flexibility index (Phi) is 2.99. The van der Waals surface area contributed by atoms with Gasteiger partial charge in [0.1, 0.15) is 0 Å². The van der Waals surface area contributed by atoms with E-state index in [4.69, 9.17) is 4.42 Å². The van der Waals surface area contributed by atoms with Crippen molar-refractivity contribution < 1.29 is 9.21 Å². The third-order valence-corrected chi connectivity index (χ3v) is 3.46. The zero-order chi connectivity index (χ0) is 13.2. The van der Waals surface area contributed by atoms with Crippen molar-refractivity contribution in [1.82, 2.24) is 0 Å². The largest absolute Gasteiger partial charge is 0.459 e. The van der Waals surface area contributed by atoms with E-state index < -0.39 is 0 Å². The van der Waals surface area contributed by atoms with Crippen LogP contribution in [0, 0.1) is 0 Å². The first kappa shape index (κ1) is 11.8. The van der Waals surface area contributed by atoms with Crippen LogP contribution < -0.4 is 10.2 Å². The molecule has 0 aliphatic carbocycles. The maximum Gasteiger partial charge on any atom is 0.293 e. The summed E-state index contributed by atoms with van der Waals surface area (Å²) in [5.74, 6) is 0.328. The summed E-state index contributed by atoms with van der Waals surface area (Å²) in [6.07, 6.45) is 3.52. The summed E-state index contributed by atoms with van der Waals surface area (Å²) in [5, 5.41) is 3.13. The Hall–Kier alpha value is -2.23. The van der Waals surface area contributed by atoms with Gasteiger partial charge in [0.25, 0.3) is 5.91 Å². The molecule has 0 saturated carbocycles. The van der Waals surface area contributed by atoms with Gasteiger partial charge in [0, 0.05) is 25.0 Å². The van der Waals surface area contributed by atoms with E-state index in [1.807, 2.05) is 19.2 Å². The molecule has 0 radical (unpaired) electrons. The van der Waals surface area contributed by atoms with E-state index in [1.165, 1.54) is 11.8 Å². The van der Waals surface area contributed by atoms with E-state index in [0.717, 1.165) is 30.8 Å². The van der Waals surface area contributed by atoms with E-state index in [1.54, 1.807) is 17.0 Å². The van der Waals surface area contributed by atoms with Crippen LogP contribution in [-0.2, 0) is 6.42 Å². The van der Waals surface area contributed by atoms with Crippen LogP contribution in [0.4, 0.5) is 11.4 Å². The molecule has 4 heteroatoms. The molecule has 1 aromatic heterocycles. The third-order valence-electron chi connectivity index (χ3n) is 3.46. The molecule has 1 aliphatic heterocycles. The number of furan rings is 1. The molecule has 1 amide bonds. The molecule has 4 nitrogen and oxygen atoms in total. The number of amides is 1. The Labute approximate surface area is 112 Å². The normalized spacial score (nSPS) is 14.1. The second-order valence-electron chi connectivity index (χ2n) is 4.63. The molecular weight excluding hydrogens is 240 g/mol. The van der Waals surface area contributed by atoms with Gasteiger partial charge in [-0.3, -0.25) is 4.79 Å². The lowest BCUT2D eigenvalue weighted by Crippen LogP contribution is -2.35. The highest BCUT2D eigenvalue weighted by Crippen LogP contribution is 2.30. The van der Waals surface area contributed by atoms with Crippen LogP contribution in [0.2, 0.25) is 0 Å². The van der Waals surface area contributed by atoms with Gasteiger partial charge >= 0.3 is 0 Å². The molecule has 19 heavy (non-hydrogen) atoms. The minimum atomic E-state index is -0.0665. The Bertz CT molecular complexity index is 590. The monoisotopic (exact) mass is 256 g/mol. The molecule has 1 N–H and O–H groups in total. The standard InChI is InChI=1S/C15H16N2O2/c1-16-12-6-7-13-11(10-12)4-2-8-17(13)15(18)14-5-3-9-19-14/h3,5-7,9-10,16H,2,4,8H2,1H3. The first-order valence-electron chi connectivity index (χ1n) is 6.45. The van der Waals surface area contributed by atoms with Crippen LogP contribution in [0.25, 0.3) is 0 Å². The summed E-state index contributed by atoms with van der Waals surface area (Å²) in [7, 11) is 1.90. The maximum atomic E-state index is 12.4. The smallest absolute Gasteiger partial charge is 0.293 e. The molecule has 0 atom stereocenters. The van der Waals surface area contributed by atoms with Gasteiger partial charge in [0.15, 0.2) is 5.76 Å². The summed E-state index contributed by atoms with van der Waals surface area (Å²) in [4.78, 5) is 14.2. The van der Waals surface area contributed by atoms with Gasteiger partial charge in [-0.2, -0.15) is 0 Å². The Morgan fingerprint density at radius 3 is 3.00 bits per heavy atom. The zero-order valence-corrected chi connectivity index (χ0v) is 10.8. The number of nitrogens with one attached hydrogen (secondary N) is 1. The molecule has 0 fully saturated rings. The number of fused-ring (bicyclic) bond motifs is 1. The van der Waals surface area contributed by atoms with Gasteiger partial charge in [-0.25, -0.2) is 0 Å². The van der Waals surface area contributed by atoms with Crippen LogP contribution in [0.5, 0.6) is 0 Å². The number of hydrogen-bond acceptors (Lipinski definition) is 3. The number of anilines is 2. The quantitative estimate of drug-likeness (QED) is 0.898. The van der Waals surface area contributed by atoms with Gasteiger partial charge in [-0.15, -0.1) is 0 Å². The topological polar surface area (TPSA) is 45.5 Å². The van der Waals surface area contributed by atoms with Gasteiger partial charge in [0.05, 0.1) is 6.26 Å². The van der Waals surface area contributed by atoms with Crippen LogP contribution in [0.3, 0.4) is 0 Å². The molecule has 0 unspecified atom stereocenters. The average Bonchev–Trinajstić information content (AvgIpc) is 2.99. The van der Waals surface area contributed by atoms with Crippen molar-refractivity contribution in [2.75, 3.05) is 23.8 Å². The van der Waals surface area contributed by atoms with Crippen LogP contribution >= 0.6 is 0 Å². The minimum absolute atomic E-state index is 0.0665. The van der Waals surface area contributed by atoms with E-state index in [2.05, 4.69) is 11.4 Å². The van der Waals surface area contributed by atoms with Gasteiger partial charge < -0.3 is 14.6 Å². The predicted molar refractivity (Wildman–Crippen MR) is 74.7 cm³/mol. The van der Waals surface area contributed by atoms with Crippen molar-refractivity contribution in [3.63, 3.8) is 0 Å². The summed E-state index contributed by atoms with van der Waals surface area (Å²) in [6.45, 7) is 0.742. The molecule has 3 rings (SSSR count). The number of rotatable bonds is 2. The molecule has 98 valence electrons. The lowest BCUT2D eigenvalue weighted by atomic mass is 10.0. The molecule has 0 spiro atoms. The van der Waals surface area contributed by atoms with Crippen LogP contribution in [0.1, 0.15) is 22.5 Å². The highest BCUT2D eigenvalue weighted by molar-refractivity contribution is 6.05. The summed E-state index contributed by atoms with van der Waals surface area (Å²) in [6, 6.07) is 9.55. The van der Waals surface area contributed by atoms with Crippen molar-refractivity contribution >= 4 is 17.3 Å². The zero-order valence-electron chi connectivity index (χ0n) is 10.8. The van der Waals surface area contributed by atoms with E-state index in [0.29, 0.717) is 5.76 Å². The van der Waals surface area contributed by atoms with Crippen molar-refractivity contribution in [3.8, 4) is 0 Å².